The van der Waals surface area contributed by atoms with Crippen molar-refractivity contribution in [2.45, 2.75) is 102 Å². The lowest BCUT2D eigenvalue weighted by Crippen LogP contribution is -2.65. The summed E-state index contributed by atoms with van der Waals surface area (Å²) in [5.74, 6) is -1.96. The summed E-state index contributed by atoms with van der Waals surface area (Å²) < 4.78 is 56.2. The van der Waals surface area contributed by atoms with E-state index in [0.717, 1.165) is 16.7 Å². The second kappa shape index (κ2) is 15.4. The van der Waals surface area contributed by atoms with Gasteiger partial charge < -0.3 is 42.6 Å². The lowest BCUT2D eigenvalue weighted by molar-refractivity contribution is -0.324. The number of carbonyl (C=O) groups is 2. The fraction of sp³-hybridized carbons (Fsp3) is 0.487. The number of carbonyl (C=O) groups excluding carboxylic acids is 2. The third kappa shape index (κ3) is 7.82. The molecule has 10 atom stereocenters. The van der Waals surface area contributed by atoms with E-state index in [9.17, 15) is 9.59 Å². The monoisotopic (exact) mass is 703 g/mol. The van der Waals surface area contributed by atoms with Gasteiger partial charge >= 0.3 is 12.1 Å². The van der Waals surface area contributed by atoms with Crippen molar-refractivity contribution in [2.24, 2.45) is 5.92 Å². The summed E-state index contributed by atoms with van der Waals surface area (Å²) in [5, 5.41) is 0. The Bertz CT molecular complexity index is 1610. The SMILES string of the molecule is COC(=O)C1O[C@H]2OC(C)(C)O[C@H]2C(OCc2ccccc2)[C@H]1O[C@H]1OC(COCc2ccccc2)[C@@H](C)C2OC(=O)N(Cc3ccccc3)C21. The molecular formula is C39H45NO11. The normalized spacial score (nSPS) is 32.5. The molecule has 0 radical (unpaired) electrons. The molecule has 0 aliphatic carbocycles. The largest absolute Gasteiger partial charge is 0.467 e. The molecule has 4 fully saturated rings. The number of methoxy groups -OCH3 is 1. The van der Waals surface area contributed by atoms with E-state index < -0.39 is 73.1 Å². The van der Waals surface area contributed by atoms with Crippen LogP contribution in [-0.4, -0.2) is 91.7 Å². The summed E-state index contributed by atoms with van der Waals surface area (Å²) in [5.41, 5.74) is 2.84. The Balaban J connectivity index is 1.21. The zero-order valence-electron chi connectivity index (χ0n) is 29.2. The summed E-state index contributed by atoms with van der Waals surface area (Å²) in [6.45, 7) is 6.55. The maximum Gasteiger partial charge on any atom is 0.410 e. The van der Waals surface area contributed by atoms with E-state index in [-0.39, 0.29) is 25.7 Å². The summed E-state index contributed by atoms with van der Waals surface area (Å²) >= 11 is 0. The third-order valence-electron chi connectivity index (χ3n) is 9.77. The Morgan fingerprint density at radius 1 is 0.804 bits per heavy atom. The predicted octanol–water partition coefficient (Wildman–Crippen LogP) is 4.97. The lowest BCUT2D eigenvalue weighted by Gasteiger charge is -2.47. The van der Waals surface area contributed by atoms with Crippen LogP contribution in [0.4, 0.5) is 4.79 Å². The van der Waals surface area contributed by atoms with Gasteiger partial charge in [0.2, 0.25) is 0 Å². The van der Waals surface area contributed by atoms with Crippen molar-refractivity contribution in [1.82, 2.24) is 4.90 Å². The number of rotatable bonds is 12. The Labute approximate surface area is 297 Å². The van der Waals surface area contributed by atoms with Crippen molar-refractivity contribution in [2.75, 3.05) is 13.7 Å². The van der Waals surface area contributed by atoms with Crippen molar-refractivity contribution in [3.8, 4) is 0 Å². The topological polar surface area (TPSA) is 120 Å². The van der Waals surface area contributed by atoms with Gasteiger partial charge in [-0.25, -0.2) is 9.59 Å². The van der Waals surface area contributed by atoms with Gasteiger partial charge in [0.15, 0.2) is 24.5 Å². The van der Waals surface area contributed by atoms with Crippen LogP contribution in [0.15, 0.2) is 91.0 Å². The summed E-state index contributed by atoms with van der Waals surface area (Å²) in [7, 11) is 1.28. The minimum absolute atomic E-state index is 0.193. The van der Waals surface area contributed by atoms with Crippen LogP contribution >= 0.6 is 0 Å². The van der Waals surface area contributed by atoms with E-state index in [1.165, 1.54) is 7.11 Å². The minimum Gasteiger partial charge on any atom is -0.467 e. The first-order valence-electron chi connectivity index (χ1n) is 17.4. The molecule has 12 nitrogen and oxygen atoms in total. The zero-order valence-corrected chi connectivity index (χ0v) is 29.2. The van der Waals surface area contributed by atoms with Crippen molar-refractivity contribution < 1.29 is 52.2 Å². The molecule has 0 saturated carbocycles. The molecule has 4 saturated heterocycles. The van der Waals surface area contributed by atoms with Crippen LogP contribution in [0.25, 0.3) is 0 Å². The molecule has 3 aromatic rings. The number of hydrogen-bond acceptors (Lipinski definition) is 11. The second-order valence-electron chi connectivity index (χ2n) is 13.8. The molecule has 4 aliphatic heterocycles. The number of hydrogen-bond donors (Lipinski definition) is 0. The van der Waals surface area contributed by atoms with E-state index in [1.807, 2.05) is 97.9 Å². The Kier molecular flexibility index (Phi) is 10.7. The van der Waals surface area contributed by atoms with Crippen molar-refractivity contribution in [1.29, 1.82) is 0 Å². The number of benzene rings is 3. The van der Waals surface area contributed by atoms with E-state index in [2.05, 4.69) is 0 Å². The van der Waals surface area contributed by atoms with Crippen LogP contribution < -0.4 is 0 Å². The summed E-state index contributed by atoms with van der Waals surface area (Å²) in [4.78, 5) is 28.7. The molecule has 0 spiro atoms. The summed E-state index contributed by atoms with van der Waals surface area (Å²) in [6, 6.07) is 28.5. The Morgan fingerprint density at radius 2 is 1.43 bits per heavy atom. The highest BCUT2D eigenvalue weighted by atomic mass is 16.8. The van der Waals surface area contributed by atoms with Crippen LogP contribution in [-0.2, 0) is 67.2 Å². The minimum atomic E-state index is -1.27. The number of fused-ring (bicyclic) bond motifs is 2. The first-order chi connectivity index (χ1) is 24.7. The number of amides is 1. The highest BCUT2D eigenvalue weighted by Gasteiger charge is 2.61. The van der Waals surface area contributed by atoms with Gasteiger partial charge in [-0.3, -0.25) is 4.90 Å². The van der Waals surface area contributed by atoms with E-state index in [4.69, 9.17) is 42.6 Å². The first kappa shape index (κ1) is 35.5. The van der Waals surface area contributed by atoms with Gasteiger partial charge in [-0.05, 0) is 30.5 Å². The molecule has 4 heterocycles. The maximum atomic E-state index is 13.6. The highest BCUT2D eigenvalue weighted by molar-refractivity contribution is 5.75. The van der Waals surface area contributed by atoms with Gasteiger partial charge in [-0.1, -0.05) is 97.9 Å². The van der Waals surface area contributed by atoms with Crippen LogP contribution in [0.2, 0.25) is 0 Å². The second-order valence-corrected chi connectivity index (χ2v) is 13.8. The number of esters is 1. The van der Waals surface area contributed by atoms with Gasteiger partial charge in [0.25, 0.3) is 0 Å². The molecule has 0 aromatic heterocycles. The molecule has 272 valence electrons. The molecule has 0 bridgehead atoms. The average Bonchev–Trinajstić information content (AvgIpc) is 3.64. The van der Waals surface area contributed by atoms with Gasteiger partial charge in [-0.2, -0.15) is 0 Å². The summed E-state index contributed by atoms with van der Waals surface area (Å²) in [6.07, 6.45) is -7.64. The highest BCUT2D eigenvalue weighted by Crippen LogP contribution is 2.43. The van der Waals surface area contributed by atoms with Gasteiger partial charge in [0, 0.05) is 12.5 Å². The molecule has 0 N–H and O–H groups in total. The molecule has 5 unspecified atom stereocenters. The molecule has 51 heavy (non-hydrogen) atoms. The van der Waals surface area contributed by atoms with Gasteiger partial charge in [0.05, 0.1) is 33.0 Å². The van der Waals surface area contributed by atoms with Gasteiger partial charge in [-0.15, -0.1) is 0 Å². The van der Waals surface area contributed by atoms with Crippen molar-refractivity contribution in [3.63, 3.8) is 0 Å². The molecule has 3 aromatic carbocycles. The third-order valence-corrected chi connectivity index (χ3v) is 9.77. The van der Waals surface area contributed by atoms with Crippen LogP contribution in [0, 0.1) is 5.92 Å². The molecule has 4 aliphatic rings. The standard InChI is InChI=1S/C39H45NO11/c1-24-28(23-44-21-26-16-10-6-11-17-26)46-36(29-30(24)49-38(42)40(29)20-25-14-8-5-9-15-25)47-32-31(45-22-27-18-12-7-13-19-27)34-37(51-39(2,3)50-34)48-33(32)35(41)43-4/h5-19,24,28-34,36-37H,20-23H2,1-4H3/t24-,28?,29?,30?,31?,32-,33?,34+,36-,37+/m1/s1. The fourth-order valence-electron chi connectivity index (χ4n) is 7.21. The van der Waals surface area contributed by atoms with Crippen molar-refractivity contribution >= 4 is 12.1 Å². The zero-order chi connectivity index (χ0) is 35.5. The fourth-order valence-corrected chi connectivity index (χ4v) is 7.21. The first-order valence-corrected chi connectivity index (χ1v) is 17.4. The molecule has 1 amide bonds. The van der Waals surface area contributed by atoms with Gasteiger partial charge in [0.1, 0.15) is 30.5 Å². The van der Waals surface area contributed by atoms with E-state index in [0.29, 0.717) is 6.61 Å². The number of nitrogens with zero attached hydrogens (tertiary/aromatic N) is 1. The van der Waals surface area contributed by atoms with E-state index in [1.54, 1.807) is 18.7 Å². The van der Waals surface area contributed by atoms with Crippen LogP contribution in [0.5, 0.6) is 0 Å². The smallest absolute Gasteiger partial charge is 0.410 e. The Hall–Kier alpha value is -3.88. The van der Waals surface area contributed by atoms with E-state index >= 15 is 0 Å². The molecule has 7 rings (SSSR count). The number of ether oxygens (including phenoxy) is 9. The molecular weight excluding hydrogens is 658 g/mol. The predicted molar refractivity (Wildman–Crippen MR) is 181 cm³/mol. The average molecular weight is 704 g/mol. The van der Waals surface area contributed by atoms with Crippen molar-refractivity contribution in [3.05, 3.63) is 108 Å². The molecule has 12 heteroatoms. The Morgan fingerprint density at radius 3 is 2.08 bits per heavy atom. The lowest BCUT2D eigenvalue weighted by atomic mass is 9.88. The quantitative estimate of drug-likeness (QED) is 0.238. The van der Waals surface area contributed by atoms with Crippen LogP contribution in [0.3, 0.4) is 0 Å². The maximum absolute atomic E-state index is 13.6. The van der Waals surface area contributed by atoms with Crippen LogP contribution in [0.1, 0.15) is 37.5 Å².